The number of benzene rings is 2. The molecule has 0 unspecified atom stereocenters. The molecule has 0 fully saturated rings. The van der Waals surface area contributed by atoms with Gasteiger partial charge in [0, 0.05) is 0 Å². The van der Waals surface area contributed by atoms with E-state index in [1.165, 1.54) is 0 Å². The second-order valence-corrected chi connectivity index (χ2v) is 5.40. The predicted octanol–water partition coefficient (Wildman–Crippen LogP) is 4.58. The van der Waals surface area contributed by atoms with Crippen LogP contribution in [0.1, 0.15) is 17.3 Å². The number of rotatable bonds is 6. The smallest absolute Gasteiger partial charge is 0.343 e. The zero-order valence-electron chi connectivity index (χ0n) is 14.2. The van der Waals surface area contributed by atoms with E-state index < -0.39 is 5.97 Å². The SMILES string of the molecule is CCOc1ccc(OC(=O)c2ccc(OC(O)=C3C=CC=C3)cc2)cc1. The number of aliphatic hydroxyl groups is 1. The summed E-state index contributed by atoms with van der Waals surface area (Å²) < 4.78 is 16.0. The number of hydrogen-bond acceptors (Lipinski definition) is 5. The lowest BCUT2D eigenvalue weighted by Crippen LogP contribution is -2.08. The Morgan fingerprint density at radius 2 is 1.38 bits per heavy atom. The summed E-state index contributed by atoms with van der Waals surface area (Å²) in [6.07, 6.45) is 7.07. The van der Waals surface area contributed by atoms with E-state index in [0.29, 0.717) is 29.2 Å². The lowest BCUT2D eigenvalue weighted by atomic mass is 10.2. The van der Waals surface area contributed by atoms with Gasteiger partial charge in [-0.15, -0.1) is 0 Å². The zero-order valence-corrected chi connectivity index (χ0v) is 14.2. The summed E-state index contributed by atoms with van der Waals surface area (Å²) in [4.78, 5) is 12.2. The van der Waals surface area contributed by atoms with Crippen LogP contribution < -0.4 is 14.2 Å². The second-order valence-electron chi connectivity index (χ2n) is 5.40. The molecule has 0 heterocycles. The van der Waals surface area contributed by atoms with Crippen LogP contribution in [0.25, 0.3) is 0 Å². The molecule has 5 nitrogen and oxygen atoms in total. The average Bonchev–Trinajstić information content (AvgIpc) is 3.19. The van der Waals surface area contributed by atoms with Crippen molar-refractivity contribution < 1.29 is 24.1 Å². The number of ether oxygens (including phenoxy) is 3. The molecule has 132 valence electrons. The van der Waals surface area contributed by atoms with Crippen molar-refractivity contribution >= 4 is 5.97 Å². The van der Waals surface area contributed by atoms with E-state index in [1.807, 2.05) is 6.92 Å². The van der Waals surface area contributed by atoms with Crippen LogP contribution in [0.4, 0.5) is 0 Å². The lowest BCUT2D eigenvalue weighted by Gasteiger charge is -2.08. The summed E-state index contributed by atoms with van der Waals surface area (Å²) in [7, 11) is 0. The molecule has 0 atom stereocenters. The average molecular weight is 350 g/mol. The number of hydrogen-bond donors (Lipinski definition) is 1. The minimum absolute atomic E-state index is 0.195. The van der Waals surface area contributed by atoms with Crippen molar-refractivity contribution in [3.8, 4) is 17.2 Å². The van der Waals surface area contributed by atoms with Crippen molar-refractivity contribution in [2.75, 3.05) is 6.61 Å². The molecule has 0 saturated carbocycles. The van der Waals surface area contributed by atoms with Gasteiger partial charge in [-0.1, -0.05) is 12.2 Å². The number of esters is 1. The van der Waals surface area contributed by atoms with Crippen LogP contribution in [0.2, 0.25) is 0 Å². The minimum atomic E-state index is -0.482. The Morgan fingerprint density at radius 1 is 0.846 bits per heavy atom. The van der Waals surface area contributed by atoms with Gasteiger partial charge >= 0.3 is 5.97 Å². The van der Waals surface area contributed by atoms with Gasteiger partial charge in [-0.3, -0.25) is 0 Å². The number of carbonyl (C=O) groups excluding carboxylic acids is 1. The normalized spacial score (nSPS) is 12.1. The summed E-state index contributed by atoms with van der Waals surface area (Å²) in [5.74, 6) is 0.890. The van der Waals surface area contributed by atoms with E-state index in [1.54, 1.807) is 72.8 Å². The first-order valence-electron chi connectivity index (χ1n) is 8.16. The molecule has 5 heteroatoms. The number of aliphatic hydroxyl groups excluding tert-OH is 1. The van der Waals surface area contributed by atoms with Crippen molar-refractivity contribution in [3.05, 3.63) is 89.9 Å². The molecule has 0 amide bonds. The second kappa shape index (κ2) is 8.07. The van der Waals surface area contributed by atoms with Crippen LogP contribution >= 0.6 is 0 Å². The Bertz CT molecular complexity index is 844. The summed E-state index contributed by atoms with van der Waals surface area (Å²) in [6, 6.07) is 13.2. The highest BCUT2D eigenvalue weighted by atomic mass is 16.6. The van der Waals surface area contributed by atoms with Gasteiger partial charge in [0.15, 0.2) is 0 Å². The topological polar surface area (TPSA) is 65.0 Å². The summed E-state index contributed by atoms with van der Waals surface area (Å²) in [5.41, 5.74) is 0.961. The van der Waals surface area contributed by atoms with Crippen molar-refractivity contribution in [1.29, 1.82) is 0 Å². The fourth-order valence-corrected chi connectivity index (χ4v) is 2.28. The molecular formula is C21H18O5. The Balaban J connectivity index is 1.62. The van der Waals surface area contributed by atoms with Gasteiger partial charge in [-0.2, -0.15) is 0 Å². The molecule has 26 heavy (non-hydrogen) atoms. The zero-order chi connectivity index (χ0) is 18.4. The van der Waals surface area contributed by atoms with Crippen molar-refractivity contribution in [2.24, 2.45) is 0 Å². The minimum Gasteiger partial charge on any atom is -0.494 e. The van der Waals surface area contributed by atoms with Crippen LogP contribution in [0.5, 0.6) is 17.2 Å². The quantitative estimate of drug-likeness (QED) is 0.469. The van der Waals surface area contributed by atoms with Gasteiger partial charge in [0.05, 0.1) is 17.7 Å². The van der Waals surface area contributed by atoms with Crippen LogP contribution in [0.15, 0.2) is 84.4 Å². The van der Waals surface area contributed by atoms with E-state index in [-0.39, 0.29) is 5.95 Å². The third-order valence-corrected chi connectivity index (χ3v) is 3.56. The molecule has 3 rings (SSSR count). The highest BCUT2D eigenvalue weighted by Gasteiger charge is 2.10. The third kappa shape index (κ3) is 4.33. The Morgan fingerprint density at radius 3 is 2.00 bits per heavy atom. The molecule has 0 aliphatic heterocycles. The van der Waals surface area contributed by atoms with Gasteiger partial charge in [0.2, 0.25) is 0 Å². The lowest BCUT2D eigenvalue weighted by molar-refractivity contribution is 0.0734. The van der Waals surface area contributed by atoms with E-state index in [2.05, 4.69) is 0 Å². The molecule has 2 aromatic carbocycles. The maximum absolute atomic E-state index is 12.2. The van der Waals surface area contributed by atoms with Crippen molar-refractivity contribution in [3.63, 3.8) is 0 Å². The molecule has 1 aliphatic carbocycles. The standard InChI is InChI=1S/C21H18O5/c1-2-24-17-11-13-19(14-12-17)26-21(23)16-7-9-18(10-8-16)25-20(22)15-5-3-4-6-15/h3-14,22H,2H2,1H3. The monoisotopic (exact) mass is 350 g/mol. The largest absolute Gasteiger partial charge is 0.494 e. The first-order chi connectivity index (χ1) is 12.7. The number of allylic oxidation sites excluding steroid dienone is 5. The summed E-state index contributed by atoms with van der Waals surface area (Å²) in [6.45, 7) is 2.48. The molecule has 0 radical (unpaired) electrons. The van der Waals surface area contributed by atoms with Crippen LogP contribution in [0.3, 0.4) is 0 Å². The molecule has 0 aromatic heterocycles. The first kappa shape index (κ1) is 17.4. The third-order valence-electron chi connectivity index (χ3n) is 3.56. The fourth-order valence-electron chi connectivity index (χ4n) is 2.28. The molecule has 0 saturated heterocycles. The van der Waals surface area contributed by atoms with Gasteiger partial charge in [-0.25, -0.2) is 4.79 Å². The molecular weight excluding hydrogens is 332 g/mol. The highest BCUT2D eigenvalue weighted by molar-refractivity contribution is 5.91. The molecule has 1 aliphatic rings. The summed E-state index contributed by atoms with van der Waals surface area (Å²) in [5, 5.41) is 9.89. The Labute approximate surface area is 151 Å². The van der Waals surface area contributed by atoms with Crippen molar-refractivity contribution in [1.82, 2.24) is 0 Å². The molecule has 2 aromatic rings. The first-order valence-corrected chi connectivity index (χ1v) is 8.16. The van der Waals surface area contributed by atoms with Crippen LogP contribution in [-0.4, -0.2) is 17.7 Å². The maximum atomic E-state index is 12.2. The molecule has 0 spiro atoms. The maximum Gasteiger partial charge on any atom is 0.343 e. The van der Waals surface area contributed by atoms with E-state index in [0.717, 1.165) is 5.75 Å². The van der Waals surface area contributed by atoms with Gasteiger partial charge < -0.3 is 19.3 Å². The van der Waals surface area contributed by atoms with Gasteiger partial charge in [0.25, 0.3) is 5.95 Å². The predicted molar refractivity (Wildman–Crippen MR) is 97.6 cm³/mol. The highest BCUT2D eigenvalue weighted by Crippen LogP contribution is 2.21. The fraction of sp³-hybridized carbons (Fsp3) is 0.0952. The molecule has 0 bridgehead atoms. The van der Waals surface area contributed by atoms with E-state index >= 15 is 0 Å². The van der Waals surface area contributed by atoms with E-state index in [4.69, 9.17) is 14.2 Å². The Kier molecular flexibility index (Phi) is 5.39. The van der Waals surface area contributed by atoms with Crippen molar-refractivity contribution in [2.45, 2.75) is 6.92 Å². The van der Waals surface area contributed by atoms with Crippen LogP contribution in [0, 0.1) is 0 Å². The Hall–Kier alpha value is -3.47. The number of carbonyl (C=O) groups is 1. The summed E-state index contributed by atoms with van der Waals surface area (Å²) >= 11 is 0. The van der Waals surface area contributed by atoms with Crippen LogP contribution in [-0.2, 0) is 0 Å². The molecule has 1 N–H and O–H groups in total. The van der Waals surface area contributed by atoms with Gasteiger partial charge in [0.1, 0.15) is 17.2 Å². The van der Waals surface area contributed by atoms with Gasteiger partial charge in [-0.05, 0) is 67.6 Å². The van der Waals surface area contributed by atoms with E-state index in [9.17, 15) is 9.90 Å².